The van der Waals surface area contributed by atoms with Gasteiger partial charge in [0.2, 0.25) is 10.0 Å². The van der Waals surface area contributed by atoms with Crippen molar-refractivity contribution >= 4 is 50.0 Å². The number of benzene rings is 1. The quantitative estimate of drug-likeness (QED) is 0.601. The molecule has 3 unspecified atom stereocenters. The first-order chi connectivity index (χ1) is 14.8. The summed E-state index contributed by atoms with van der Waals surface area (Å²) in [5, 5.41) is 4.85. The highest BCUT2D eigenvalue weighted by atomic mass is 35.5. The average molecular weight is 500 g/mol. The zero-order valence-corrected chi connectivity index (χ0v) is 21.5. The van der Waals surface area contributed by atoms with Crippen LogP contribution < -0.4 is 10.0 Å². The molecular formula is C23H31Cl2N3O3S. The van der Waals surface area contributed by atoms with Gasteiger partial charge in [-0.05, 0) is 49.0 Å². The molecule has 1 heterocycles. The highest BCUT2D eigenvalue weighted by Gasteiger charge is 2.59. The average Bonchev–Trinajstić information content (AvgIpc) is 3.26. The van der Waals surface area contributed by atoms with Gasteiger partial charge in [-0.25, -0.2) is 13.1 Å². The smallest absolute Gasteiger partial charge is 0.253 e. The molecule has 1 aromatic carbocycles. The predicted octanol–water partition coefficient (Wildman–Crippen LogP) is 4.75. The Morgan fingerprint density at radius 2 is 1.94 bits per heavy atom. The molecule has 1 amide bonds. The Kier molecular flexibility index (Phi) is 5.89. The first kappa shape index (κ1) is 23.9. The van der Waals surface area contributed by atoms with Crippen LogP contribution in [0, 0.1) is 23.7 Å². The van der Waals surface area contributed by atoms with Gasteiger partial charge < -0.3 is 9.88 Å². The van der Waals surface area contributed by atoms with Gasteiger partial charge in [-0.2, -0.15) is 0 Å². The summed E-state index contributed by atoms with van der Waals surface area (Å²) < 4.78 is 27.4. The summed E-state index contributed by atoms with van der Waals surface area (Å²) in [5.41, 5.74) is 2.10. The van der Waals surface area contributed by atoms with Crippen molar-refractivity contribution in [2.24, 2.45) is 16.7 Å². The Balaban J connectivity index is 1.73. The van der Waals surface area contributed by atoms with Crippen LogP contribution >= 0.6 is 23.2 Å². The van der Waals surface area contributed by atoms with Crippen molar-refractivity contribution in [1.29, 1.82) is 0 Å². The Bertz CT molecular complexity index is 1200. The van der Waals surface area contributed by atoms with E-state index in [1.165, 1.54) is 6.42 Å². The summed E-state index contributed by atoms with van der Waals surface area (Å²) in [7, 11) is -3.33. The number of carbonyl (C=O) groups is 1. The Hall–Kier alpha value is -1.28. The Morgan fingerprint density at radius 1 is 1.25 bits per heavy atom. The molecule has 2 fully saturated rings. The van der Waals surface area contributed by atoms with E-state index in [4.69, 9.17) is 23.2 Å². The molecule has 0 aliphatic heterocycles. The number of nitrogens with zero attached hydrogens (tertiary/aromatic N) is 1. The fourth-order valence-electron chi connectivity index (χ4n) is 6.28. The van der Waals surface area contributed by atoms with Gasteiger partial charge in [-0.1, -0.05) is 50.0 Å². The lowest BCUT2D eigenvalue weighted by atomic mass is 9.68. The summed E-state index contributed by atoms with van der Waals surface area (Å²) in [4.78, 5) is 13.7. The third-order valence-electron chi connectivity index (χ3n) is 7.85. The van der Waals surface area contributed by atoms with Crippen molar-refractivity contribution in [2.75, 3.05) is 12.8 Å². The lowest BCUT2D eigenvalue weighted by Gasteiger charge is -2.43. The summed E-state index contributed by atoms with van der Waals surface area (Å²) in [6.45, 7) is 9.19. The van der Waals surface area contributed by atoms with Crippen LogP contribution in [-0.4, -0.2) is 37.7 Å². The Morgan fingerprint density at radius 3 is 2.53 bits per heavy atom. The molecule has 9 heteroatoms. The standard InChI is InChI=1S/C23H31Cl2N3O3S/c1-13-17(20(29)27-21-22(2,3)14-8-9-23(21,4)12-14)15-6-7-16(24)18(25)19(15)28(13)11-10-26-32(5,30)31/h6-7,14,21,26H,8-12H2,1-5H3,(H,27,29). The van der Waals surface area contributed by atoms with E-state index >= 15 is 0 Å². The van der Waals surface area contributed by atoms with Crippen molar-refractivity contribution in [3.63, 3.8) is 0 Å². The second-order valence-corrected chi connectivity index (χ2v) is 13.0. The highest BCUT2D eigenvalue weighted by molar-refractivity contribution is 7.88. The van der Waals surface area contributed by atoms with Gasteiger partial charge in [0.15, 0.2) is 0 Å². The SMILES string of the molecule is Cc1c(C(=O)NC2C3(C)CCC(C3)C2(C)C)c2ccc(Cl)c(Cl)c2n1CCNS(C)(=O)=O. The topological polar surface area (TPSA) is 80.2 Å². The first-order valence-corrected chi connectivity index (χ1v) is 13.6. The van der Waals surface area contributed by atoms with E-state index in [1.54, 1.807) is 6.07 Å². The summed E-state index contributed by atoms with van der Waals surface area (Å²) >= 11 is 12.8. The number of carbonyl (C=O) groups excluding carboxylic acids is 1. The third kappa shape index (κ3) is 3.85. The van der Waals surface area contributed by atoms with Crippen LogP contribution in [0.15, 0.2) is 12.1 Å². The van der Waals surface area contributed by atoms with Crippen LogP contribution in [0.2, 0.25) is 10.0 Å². The van der Waals surface area contributed by atoms with E-state index in [0.717, 1.165) is 30.2 Å². The molecule has 176 valence electrons. The van der Waals surface area contributed by atoms with Crippen molar-refractivity contribution in [2.45, 2.75) is 59.5 Å². The van der Waals surface area contributed by atoms with Crippen LogP contribution in [0.3, 0.4) is 0 Å². The molecule has 0 saturated heterocycles. The molecule has 2 aliphatic rings. The van der Waals surface area contributed by atoms with Crippen LogP contribution in [0.1, 0.15) is 56.1 Å². The second-order valence-electron chi connectivity index (χ2n) is 10.4. The van der Waals surface area contributed by atoms with Crippen molar-refractivity contribution in [1.82, 2.24) is 14.6 Å². The van der Waals surface area contributed by atoms with Crippen molar-refractivity contribution in [3.05, 3.63) is 33.4 Å². The third-order valence-corrected chi connectivity index (χ3v) is 9.37. The normalized spacial score (nSPS) is 26.7. The van der Waals surface area contributed by atoms with Gasteiger partial charge in [0, 0.05) is 30.2 Å². The fourth-order valence-corrected chi connectivity index (χ4v) is 7.16. The monoisotopic (exact) mass is 499 g/mol. The molecule has 2 saturated carbocycles. The zero-order chi connectivity index (χ0) is 23.6. The number of halogens is 2. The molecule has 3 atom stereocenters. The largest absolute Gasteiger partial charge is 0.348 e. The molecule has 32 heavy (non-hydrogen) atoms. The maximum Gasteiger partial charge on any atom is 0.253 e. The van der Waals surface area contributed by atoms with E-state index in [2.05, 4.69) is 30.8 Å². The van der Waals surface area contributed by atoms with Crippen molar-refractivity contribution in [3.8, 4) is 0 Å². The predicted molar refractivity (Wildman–Crippen MR) is 130 cm³/mol. The van der Waals surface area contributed by atoms with Crippen LogP contribution in [-0.2, 0) is 16.6 Å². The molecule has 1 aromatic heterocycles. The molecule has 0 spiro atoms. The van der Waals surface area contributed by atoms with Gasteiger partial charge in [0.05, 0.1) is 27.4 Å². The number of hydrogen-bond donors (Lipinski definition) is 2. The van der Waals surface area contributed by atoms with E-state index in [9.17, 15) is 13.2 Å². The summed E-state index contributed by atoms with van der Waals surface area (Å²) in [6.07, 6.45) is 4.61. The lowest BCUT2D eigenvalue weighted by molar-refractivity contribution is 0.0738. The van der Waals surface area contributed by atoms with Gasteiger partial charge >= 0.3 is 0 Å². The van der Waals surface area contributed by atoms with E-state index in [-0.39, 0.29) is 29.3 Å². The Labute approximate surface area is 200 Å². The molecule has 2 aliphatic carbocycles. The number of hydrogen-bond acceptors (Lipinski definition) is 3. The van der Waals surface area contributed by atoms with Gasteiger partial charge in [-0.3, -0.25) is 4.79 Å². The van der Waals surface area contributed by atoms with Crippen LogP contribution in [0.5, 0.6) is 0 Å². The lowest BCUT2D eigenvalue weighted by Crippen LogP contribution is -2.52. The maximum absolute atomic E-state index is 13.7. The number of amides is 1. The minimum Gasteiger partial charge on any atom is -0.348 e. The van der Waals surface area contributed by atoms with Gasteiger partial charge in [0.1, 0.15) is 0 Å². The molecule has 2 aromatic rings. The molecule has 6 nitrogen and oxygen atoms in total. The molecule has 2 bridgehead atoms. The van der Waals surface area contributed by atoms with Crippen LogP contribution in [0.25, 0.3) is 10.9 Å². The van der Waals surface area contributed by atoms with E-state index < -0.39 is 10.0 Å². The minimum absolute atomic E-state index is 0.0370. The van der Waals surface area contributed by atoms with Crippen LogP contribution in [0.4, 0.5) is 0 Å². The van der Waals surface area contributed by atoms with E-state index in [1.807, 2.05) is 17.6 Å². The number of nitrogens with one attached hydrogen (secondary N) is 2. The highest BCUT2D eigenvalue weighted by Crippen LogP contribution is 2.62. The second kappa shape index (κ2) is 7.90. The molecular weight excluding hydrogens is 469 g/mol. The maximum atomic E-state index is 13.7. The molecule has 2 N–H and O–H groups in total. The zero-order valence-electron chi connectivity index (χ0n) is 19.2. The number of rotatable bonds is 6. The molecule has 0 radical (unpaired) electrons. The van der Waals surface area contributed by atoms with Crippen molar-refractivity contribution < 1.29 is 13.2 Å². The fraction of sp³-hybridized carbons (Fsp3) is 0.609. The number of fused-ring (bicyclic) bond motifs is 3. The summed E-state index contributed by atoms with van der Waals surface area (Å²) in [6, 6.07) is 3.61. The van der Waals surface area contributed by atoms with Gasteiger partial charge in [-0.15, -0.1) is 0 Å². The number of sulfonamides is 1. The van der Waals surface area contributed by atoms with Gasteiger partial charge in [0.25, 0.3) is 5.91 Å². The summed E-state index contributed by atoms with van der Waals surface area (Å²) in [5.74, 6) is 0.503. The minimum atomic E-state index is -3.33. The van der Waals surface area contributed by atoms with E-state index in [0.29, 0.717) is 33.6 Å². The first-order valence-electron chi connectivity index (χ1n) is 11.0. The number of aromatic nitrogens is 1. The molecule has 4 rings (SSSR count).